The lowest BCUT2D eigenvalue weighted by molar-refractivity contribution is 0.181. The highest BCUT2D eigenvalue weighted by Gasteiger charge is 2.15. The SMILES string of the molecule is CN=C(NCCCCN1CCCC(C)C1)NCCc1ccco1.I. The van der Waals surface area contributed by atoms with Gasteiger partial charge in [0.2, 0.25) is 0 Å². The summed E-state index contributed by atoms with van der Waals surface area (Å²) in [4.78, 5) is 6.87. The van der Waals surface area contributed by atoms with Crippen LogP contribution < -0.4 is 10.6 Å². The van der Waals surface area contributed by atoms with Gasteiger partial charge < -0.3 is 20.0 Å². The molecule has 1 unspecified atom stereocenters. The highest BCUT2D eigenvalue weighted by Crippen LogP contribution is 2.15. The molecule has 0 spiro atoms. The van der Waals surface area contributed by atoms with Crippen LogP contribution in [0, 0.1) is 5.92 Å². The van der Waals surface area contributed by atoms with Crippen LogP contribution in [0.15, 0.2) is 27.8 Å². The third-order valence-corrected chi connectivity index (χ3v) is 4.40. The summed E-state index contributed by atoms with van der Waals surface area (Å²) in [5, 5.41) is 6.71. The molecule has 2 N–H and O–H groups in total. The summed E-state index contributed by atoms with van der Waals surface area (Å²) in [6.45, 7) is 7.97. The number of likely N-dealkylation sites (tertiary alicyclic amines) is 1. The number of rotatable bonds is 8. The zero-order valence-corrected chi connectivity index (χ0v) is 17.4. The van der Waals surface area contributed by atoms with Crippen molar-refractivity contribution < 1.29 is 4.42 Å². The number of nitrogens with one attached hydrogen (secondary N) is 2. The van der Waals surface area contributed by atoms with Gasteiger partial charge in [-0.05, 0) is 56.8 Å². The second-order valence-electron chi connectivity index (χ2n) is 6.51. The zero-order valence-electron chi connectivity index (χ0n) is 15.1. The quantitative estimate of drug-likeness (QED) is 0.278. The van der Waals surface area contributed by atoms with Crippen LogP contribution in [0.1, 0.15) is 38.4 Å². The molecule has 0 aliphatic carbocycles. The maximum absolute atomic E-state index is 5.32. The van der Waals surface area contributed by atoms with Crippen molar-refractivity contribution in [2.24, 2.45) is 10.9 Å². The van der Waals surface area contributed by atoms with E-state index in [0.29, 0.717) is 0 Å². The summed E-state index contributed by atoms with van der Waals surface area (Å²) in [5.41, 5.74) is 0. The number of piperidine rings is 1. The Morgan fingerprint density at radius 1 is 1.33 bits per heavy atom. The lowest BCUT2D eigenvalue weighted by Crippen LogP contribution is -2.39. The predicted octanol–water partition coefficient (Wildman–Crippen LogP) is 3.12. The average Bonchev–Trinajstić information content (AvgIpc) is 3.06. The fourth-order valence-electron chi connectivity index (χ4n) is 3.14. The molecule has 0 saturated carbocycles. The van der Waals surface area contributed by atoms with E-state index in [0.717, 1.165) is 37.1 Å². The van der Waals surface area contributed by atoms with Crippen LogP contribution in [-0.4, -0.2) is 50.6 Å². The minimum atomic E-state index is 0. The minimum Gasteiger partial charge on any atom is -0.469 e. The van der Waals surface area contributed by atoms with Gasteiger partial charge in [0.05, 0.1) is 6.26 Å². The summed E-state index contributed by atoms with van der Waals surface area (Å²) in [7, 11) is 1.82. The largest absolute Gasteiger partial charge is 0.469 e. The van der Waals surface area contributed by atoms with Crippen LogP contribution in [0.2, 0.25) is 0 Å². The molecule has 0 bridgehead atoms. The number of unbranched alkanes of at least 4 members (excludes halogenated alkanes) is 1. The number of furan rings is 1. The first kappa shape index (κ1) is 21.3. The van der Waals surface area contributed by atoms with Crippen molar-refractivity contribution in [3.05, 3.63) is 24.2 Å². The lowest BCUT2D eigenvalue weighted by atomic mass is 10.0. The van der Waals surface area contributed by atoms with E-state index in [9.17, 15) is 0 Å². The second kappa shape index (κ2) is 12.6. The third-order valence-electron chi connectivity index (χ3n) is 4.40. The Morgan fingerprint density at radius 2 is 2.17 bits per heavy atom. The molecule has 1 aliphatic heterocycles. The van der Waals surface area contributed by atoms with Crippen molar-refractivity contribution in [2.45, 2.75) is 39.0 Å². The molecule has 0 radical (unpaired) electrons. The fraction of sp³-hybridized carbons (Fsp3) is 0.722. The van der Waals surface area contributed by atoms with Gasteiger partial charge in [0, 0.05) is 33.1 Å². The van der Waals surface area contributed by atoms with Crippen molar-refractivity contribution in [1.82, 2.24) is 15.5 Å². The van der Waals surface area contributed by atoms with E-state index < -0.39 is 0 Å². The number of halogens is 1. The van der Waals surface area contributed by atoms with Gasteiger partial charge in [-0.15, -0.1) is 24.0 Å². The molecule has 24 heavy (non-hydrogen) atoms. The van der Waals surface area contributed by atoms with E-state index in [1.54, 1.807) is 6.26 Å². The summed E-state index contributed by atoms with van der Waals surface area (Å²) in [6.07, 6.45) is 7.79. The predicted molar refractivity (Wildman–Crippen MR) is 111 cm³/mol. The smallest absolute Gasteiger partial charge is 0.190 e. The molecular weight excluding hydrogens is 415 g/mol. The Balaban J connectivity index is 0.00000288. The van der Waals surface area contributed by atoms with Gasteiger partial charge in [-0.2, -0.15) is 0 Å². The molecule has 0 aromatic carbocycles. The molecule has 2 heterocycles. The van der Waals surface area contributed by atoms with E-state index in [4.69, 9.17) is 4.42 Å². The van der Waals surface area contributed by atoms with E-state index in [2.05, 4.69) is 27.4 Å². The number of hydrogen-bond acceptors (Lipinski definition) is 3. The van der Waals surface area contributed by atoms with Gasteiger partial charge in [0.1, 0.15) is 5.76 Å². The molecule has 6 heteroatoms. The number of hydrogen-bond donors (Lipinski definition) is 2. The number of guanidine groups is 1. The van der Waals surface area contributed by atoms with Crippen LogP contribution >= 0.6 is 24.0 Å². The fourth-order valence-corrected chi connectivity index (χ4v) is 3.14. The highest BCUT2D eigenvalue weighted by molar-refractivity contribution is 14.0. The summed E-state index contributed by atoms with van der Waals surface area (Å²) in [5.74, 6) is 2.76. The minimum absolute atomic E-state index is 0. The van der Waals surface area contributed by atoms with Gasteiger partial charge in [-0.1, -0.05) is 6.92 Å². The first-order valence-corrected chi connectivity index (χ1v) is 8.97. The van der Waals surface area contributed by atoms with Crippen LogP contribution in [0.25, 0.3) is 0 Å². The van der Waals surface area contributed by atoms with E-state index in [1.807, 2.05) is 19.2 Å². The monoisotopic (exact) mass is 448 g/mol. The summed E-state index contributed by atoms with van der Waals surface area (Å²) < 4.78 is 5.32. The lowest BCUT2D eigenvalue weighted by Gasteiger charge is -2.30. The van der Waals surface area contributed by atoms with Crippen molar-refractivity contribution in [1.29, 1.82) is 0 Å². The summed E-state index contributed by atoms with van der Waals surface area (Å²) >= 11 is 0. The Kier molecular flexibility index (Phi) is 11.2. The molecule has 1 aromatic rings. The third kappa shape index (κ3) is 8.37. The number of aliphatic imine (C=N–C) groups is 1. The Morgan fingerprint density at radius 3 is 2.88 bits per heavy atom. The van der Waals surface area contributed by atoms with Crippen LogP contribution in [-0.2, 0) is 6.42 Å². The highest BCUT2D eigenvalue weighted by atomic mass is 127. The molecule has 1 saturated heterocycles. The first-order valence-electron chi connectivity index (χ1n) is 8.97. The maximum Gasteiger partial charge on any atom is 0.190 e. The molecule has 1 atom stereocenters. The molecule has 2 rings (SSSR count). The molecular formula is C18H33IN4O. The standard InChI is InChI=1S/C18H32N4O.HI/c1-16-7-5-13-22(15-16)12-4-3-10-20-18(19-2)21-11-9-17-8-6-14-23-17;/h6,8,14,16H,3-5,7,9-13,15H2,1-2H3,(H2,19,20,21);1H. The molecule has 1 aliphatic rings. The molecule has 138 valence electrons. The number of nitrogens with zero attached hydrogens (tertiary/aromatic N) is 2. The Hall–Kier alpha value is -0.760. The maximum atomic E-state index is 5.32. The molecule has 1 fully saturated rings. The Bertz CT molecular complexity index is 450. The zero-order chi connectivity index (χ0) is 16.3. The van der Waals surface area contributed by atoms with Crippen LogP contribution in [0.3, 0.4) is 0 Å². The van der Waals surface area contributed by atoms with Gasteiger partial charge in [0.15, 0.2) is 5.96 Å². The van der Waals surface area contributed by atoms with E-state index in [-0.39, 0.29) is 24.0 Å². The van der Waals surface area contributed by atoms with Crippen molar-refractivity contribution >= 4 is 29.9 Å². The topological polar surface area (TPSA) is 52.8 Å². The molecule has 0 amide bonds. The van der Waals surface area contributed by atoms with Crippen LogP contribution in [0.4, 0.5) is 0 Å². The Labute approximate surface area is 163 Å². The van der Waals surface area contributed by atoms with Gasteiger partial charge in [-0.3, -0.25) is 4.99 Å². The molecule has 5 nitrogen and oxygen atoms in total. The summed E-state index contributed by atoms with van der Waals surface area (Å²) in [6, 6.07) is 3.92. The van der Waals surface area contributed by atoms with E-state index in [1.165, 1.54) is 45.3 Å². The second-order valence-corrected chi connectivity index (χ2v) is 6.51. The van der Waals surface area contributed by atoms with Crippen molar-refractivity contribution in [2.75, 3.05) is 39.8 Å². The van der Waals surface area contributed by atoms with Crippen molar-refractivity contribution in [3.8, 4) is 0 Å². The van der Waals surface area contributed by atoms with Gasteiger partial charge in [-0.25, -0.2) is 0 Å². The molecule has 1 aromatic heterocycles. The van der Waals surface area contributed by atoms with Crippen molar-refractivity contribution in [3.63, 3.8) is 0 Å². The van der Waals surface area contributed by atoms with E-state index >= 15 is 0 Å². The van der Waals surface area contributed by atoms with Gasteiger partial charge in [0.25, 0.3) is 0 Å². The first-order chi connectivity index (χ1) is 11.3. The van der Waals surface area contributed by atoms with Gasteiger partial charge >= 0.3 is 0 Å². The average molecular weight is 448 g/mol. The normalized spacial score (nSPS) is 18.9. The van der Waals surface area contributed by atoms with Crippen LogP contribution in [0.5, 0.6) is 0 Å².